The molecule has 0 aromatic heterocycles. The van der Waals surface area contributed by atoms with Gasteiger partial charge in [-0.2, -0.15) is 4.31 Å². The number of benzene rings is 1. The van der Waals surface area contributed by atoms with Crippen LogP contribution in [0.1, 0.15) is 18.4 Å². The highest BCUT2D eigenvalue weighted by Gasteiger charge is 2.33. The normalized spacial score (nSPS) is 17.3. The van der Waals surface area contributed by atoms with E-state index in [1.165, 1.54) is 29.4 Å². The first kappa shape index (κ1) is 16.4. The molecule has 9 heteroatoms. The minimum absolute atomic E-state index is 0.0702. The highest BCUT2D eigenvalue weighted by molar-refractivity contribution is 7.89. The van der Waals surface area contributed by atoms with Crippen LogP contribution in [0, 0.1) is 23.0 Å². The lowest BCUT2D eigenvalue weighted by Gasteiger charge is -2.30. The molecule has 2 N–H and O–H groups in total. The number of carbonyl (C=O) groups excluding carboxylic acids is 1. The highest BCUT2D eigenvalue weighted by Crippen LogP contribution is 2.29. The second-order valence-electron chi connectivity index (χ2n) is 5.24. The average Bonchev–Trinajstić information content (AvgIpc) is 2.47. The molecule has 0 unspecified atom stereocenters. The quantitative estimate of drug-likeness (QED) is 0.646. The van der Waals surface area contributed by atoms with Crippen LogP contribution in [0.25, 0.3) is 0 Å². The van der Waals surface area contributed by atoms with Gasteiger partial charge in [-0.15, -0.1) is 0 Å². The molecule has 8 nitrogen and oxygen atoms in total. The maximum Gasteiger partial charge on any atom is 0.273 e. The zero-order valence-electron chi connectivity index (χ0n) is 12.1. The van der Waals surface area contributed by atoms with E-state index in [1.807, 2.05) is 0 Å². The van der Waals surface area contributed by atoms with E-state index in [4.69, 9.17) is 5.73 Å². The third kappa shape index (κ3) is 2.95. The largest absolute Gasteiger partial charge is 0.369 e. The van der Waals surface area contributed by atoms with E-state index >= 15 is 0 Å². The van der Waals surface area contributed by atoms with E-state index in [2.05, 4.69) is 0 Å². The van der Waals surface area contributed by atoms with Crippen LogP contribution >= 0.6 is 0 Å². The predicted octanol–water partition coefficient (Wildman–Crippen LogP) is 0.789. The molecule has 0 bridgehead atoms. The third-order valence-electron chi connectivity index (χ3n) is 3.93. The van der Waals surface area contributed by atoms with Crippen LogP contribution in [0.5, 0.6) is 0 Å². The lowest BCUT2D eigenvalue weighted by Crippen LogP contribution is -2.41. The van der Waals surface area contributed by atoms with Gasteiger partial charge in [-0.25, -0.2) is 8.42 Å². The topological polar surface area (TPSA) is 124 Å². The fourth-order valence-electron chi connectivity index (χ4n) is 2.60. The number of amides is 1. The summed E-state index contributed by atoms with van der Waals surface area (Å²) in [4.78, 5) is 21.4. The number of nitrogens with zero attached hydrogens (tertiary/aromatic N) is 2. The summed E-state index contributed by atoms with van der Waals surface area (Å²) >= 11 is 0. The summed E-state index contributed by atoms with van der Waals surface area (Å²) in [6.45, 7) is 1.78. The molecule has 1 heterocycles. The highest BCUT2D eigenvalue weighted by atomic mass is 32.2. The van der Waals surface area contributed by atoms with Crippen molar-refractivity contribution in [2.45, 2.75) is 24.7 Å². The number of nitrogens with two attached hydrogens (primary N) is 1. The number of piperidine rings is 1. The second kappa shape index (κ2) is 6.01. The molecule has 1 aliphatic heterocycles. The fraction of sp³-hybridized carbons (Fsp3) is 0.462. The summed E-state index contributed by atoms with van der Waals surface area (Å²) in [6, 6.07) is 3.99. The van der Waals surface area contributed by atoms with Crippen molar-refractivity contribution in [3.63, 3.8) is 0 Å². The number of sulfonamides is 1. The third-order valence-corrected chi connectivity index (χ3v) is 5.97. The predicted molar refractivity (Wildman–Crippen MR) is 78.5 cm³/mol. The Morgan fingerprint density at radius 1 is 1.36 bits per heavy atom. The lowest BCUT2D eigenvalue weighted by atomic mass is 9.98. The molecule has 0 spiro atoms. The molecule has 2 rings (SSSR count). The van der Waals surface area contributed by atoms with Crippen molar-refractivity contribution < 1.29 is 18.1 Å². The number of carbonyl (C=O) groups is 1. The zero-order valence-corrected chi connectivity index (χ0v) is 12.9. The van der Waals surface area contributed by atoms with Crippen molar-refractivity contribution in [2.24, 2.45) is 11.7 Å². The number of nitro benzene ring substituents is 1. The molecule has 1 saturated heterocycles. The Hall–Kier alpha value is -2.00. The summed E-state index contributed by atoms with van der Waals surface area (Å²) in [6.07, 6.45) is 0.727. The van der Waals surface area contributed by atoms with Gasteiger partial charge < -0.3 is 5.73 Å². The van der Waals surface area contributed by atoms with E-state index in [9.17, 15) is 23.3 Å². The van der Waals surface area contributed by atoms with Gasteiger partial charge in [0.25, 0.3) is 5.69 Å². The van der Waals surface area contributed by atoms with Crippen molar-refractivity contribution >= 4 is 21.6 Å². The van der Waals surface area contributed by atoms with Crippen molar-refractivity contribution in [2.75, 3.05) is 13.1 Å². The number of rotatable bonds is 4. The standard InChI is InChI=1S/C13H17N3O5S/c1-9-11(16(18)19)3-2-4-12(9)22(20,21)15-7-5-10(6-8-15)13(14)17/h2-4,10H,5-8H2,1H3,(H2,14,17). The average molecular weight is 327 g/mol. The molecular formula is C13H17N3O5S. The van der Waals surface area contributed by atoms with E-state index in [1.54, 1.807) is 0 Å². The Morgan fingerprint density at radius 2 is 1.95 bits per heavy atom. The maximum atomic E-state index is 12.6. The van der Waals surface area contributed by atoms with Crippen LogP contribution in [0.15, 0.2) is 23.1 Å². The molecule has 120 valence electrons. The van der Waals surface area contributed by atoms with E-state index in [-0.39, 0.29) is 35.2 Å². The summed E-state index contributed by atoms with van der Waals surface area (Å²) in [5.41, 5.74) is 5.11. The maximum absolute atomic E-state index is 12.6. The number of nitro groups is 1. The van der Waals surface area contributed by atoms with Crippen molar-refractivity contribution in [3.8, 4) is 0 Å². The Morgan fingerprint density at radius 3 is 2.45 bits per heavy atom. The Bertz CT molecular complexity index is 708. The molecule has 22 heavy (non-hydrogen) atoms. The van der Waals surface area contributed by atoms with Crippen LogP contribution in [0.4, 0.5) is 5.69 Å². The number of hydrogen-bond donors (Lipinski definition) is 1. The van der Waals surface area contributed by atoms with Crippen molar-refractivity contribution in [3.05, 3.63) is 33.9 Å². The van der Waals surface area contributed by atoms with Gasteiger partial charge in [0.1, 0.15) is 0 Å². The molecule has 0 atom stereocenters. The minimum atomic E-state index is -3.82. The van der Waals surface area contributed by atoms with Gasteiger partial charge in [0.15, 0.2) is 0 Å². The van der Waals surface area contributed by atoms with Crippen LogP contribution in [0.3, 0.4) is 0 Å². The van der Waals surface area contributed by atoms with Gasteiger partial charge in [-0.05, 0) is 25.8 Å². The molecule has 0 aliphatic carbocycles. The molecule has 1 amide bonds. The Balaban J connectivity index is 2.31. The first-order chi connectivity index (χ1) is 10.2. The fourth-order valence-corrected chi connectivity index (χ4v) is 4.31. The van der Waals surface area contributed by atoms with Crippen LogP contribution in [0.2, 0.25) is 0 Å². The molecule has 1 aliphatic rings. The summed E-state index contributed by atoms with van der Waals surface area (Å²) in [5.74, 6) is -0.749. The number of hydrogen-bond acceptors (Lipinski definition) is 5. The van der Waals surface area contributed by atoms with Crippen LogP contribution in [-0.2, 0) is 14.8 Å². The van der Waals surface area contributed by atoms with Gasteiger partial charge in [0.05, 0.1) is 9.82 Å². The molecule has 1 aromatic rings. The molecule has 0 radical (unpaired) electrons. The van der Waals surface area contributed by atoms with Gasteiger partial charge in [-0.1, -0.05) is 6.07 Å². The van der Waals surface area contributed by atoms with Crippen molar-refractivity contribution in [1.82, 2.24) is 4.31 Å². The van der Waals surface area contributed by atoms with E-state index < -0.39 is 20.9 Å². The smallest absolute Gasteiger partial charge is 0.273 e. The first-order valence-corrected chi connectivity index (χ1v) is 8.22. The lowest BCUT2D eigenvalue weighted by molar-refractivity contribution is -0.385. The van der Waals surface area contributed by atoms with E-state index in [0.29, 0.717) is 12.8 Å². The van der Waals surface area contributed by atoms with Gasteiger partial charge >= 0.3 is 0 Å². The molecule has 0 saturated carbocycles. The first-order valence-electron chi connectivity index (χ1n) is 6.78. The second-order valence-corrected chi connectivity index (χ2v) is 7.14. The van der Waals surface area contributed by atoms with Gasteiger partial charge in [0.2, 0.25) is 15.9 Å². The summed E-state index contributed by atoms with van der Waals surface area (Å²) in [5, 5.41) is 10.9. The minimum Gasteiger partial charge on any atom is -0.369 e. The molecule has 1 aromatic carbocycles. The monoisotopic (exact) mass is 327 g/mol. The SMILES string of the molecule is Cc1c([N+](=O)[O-])cccc1S(=O)(=O)N1CCC(C(N)=O)CC1. The van der Waals surface area contributed by atoms with E-state index in [0.717, 1.165) is 0 Å². The zero-order chi connectivity index (χ0) is 16.5. The molecule has 1 fully saturated rings. The van der Waals surface area contributed by atoms with Crippen molar-refractivity contribution in [1.29, 1.82) is 0 Å². The number of primary amides is 1. The van der Waals surface area contributed by atoms with Crippen LogP contribution in [-0.4, -0.2) is 36.6 Å². The van der Waals surface area contributed by atoms with Gasteiger partial charge in [0, 0.05) is 30.6 Å². The van der Waals surface area contributed by atoms with Gasteiger partial charge in [-0.3, -0.25) is 14.9 Å². The summed E-state index contributed by atoms with van der Waals surface area (Å²) < 4.78 is 26.5. The summed E-state index contributed by atoms with van der Waals surface area (Å²) in [7, 11) is -3.82. The van der Waals surface area contributed by atoms with Crippen LogP contribution < -0.4 is 5.73 Å². The Kier molecular flexibility index (Phi) is 4.47. The Labute approximate surface area is 128 Å². The molecular weight excluding hydrogens is 310 g/mol.